The van der Waals surface area contributed by atoms with Gasteiger partial charge in [0.05, 0.1) is 22.2 Å². The molecule has 0 saturated carbocycles. The fourth-order valence-corrected chi connectivity index (χ4v) is 4.13. The quantitative estimate of drug-likeness (QED) is 0.712. The summed E-state index contributed by atoms with van der Waals surface area (Å²) in [4.78, 5) is 22.2. The van der Waals surface area contributed by atoms with E-state index in [1.54, 1.807) is 19.2 Å². The molecule has 7 heteroatoms. The SMILES string of the molecule is CO/N=C1\CCN(CC2CCCCN2C(=O)Cc2ccc(Cl)c(Cl)c2)C1. The van der Waals surface area contributed by atoms with Crippen LogP contribution in [0.5, 0.6) is 0 Å². The topological polar surface area (TPSA) is 45.1 Å². The molecular formula is C19H25Cl2N3O2. The van der Waals surface area contributed by atoms with Crippen molar-refractivity contribution in [2.45, 2.75) is 38.1 Å². The first-order valence-corrected chi connectivity index (χ1v) is 9.87. The van der Waals surface area contributed by atoms with Gasteiger partial charge in [-0.1, -0.05) is 34.4 Å². The molecule has 26 heavy (non-hydrogen) atoms. The summed E-state index contributed by atoms with van der Waals surface area (Å²) in [7, 11) is 1.58. The van der Waals surface area contributed by atoms with Crippen LogP contribution in [-0.4, -0.2) is 60.7 Å². The third-order valence-electron chi connectivity index (χ3n) is 5.10. The minimum absolute atomic E-state index is 0.165. The van der Waals surface area contributed by atoms with Crippen molar-refractivity contribution in [2.24, 2.45) is 5.16 Å². The van der Waals surface area contributed by atoms with E-state index in [0.717, 1.165) is 56.7 Å². The van der Waals surface area contributed by atoms with Gasteiger partial charge in [-0.3, -0.25) is 9.69 Å². The van der Waals surface area contributed by atoms with Gasteiger partial charge in [-0.2, -0.15) is 0 Å². The average Bonchev–Trinajstić information content (AvgIpc) is 3.06. The van der Waals surface area contributed by atoms with Crippen molar-refractivity contribution in [3.63, 3.8) is 0 Å². The zero-order valence-corrected chi connectivity index (χ0v) is 16.6. The van der Waals surface area contributed by atoms with Crippen LogP contribution in [0.3, 0.4) is 0 Å². The van der Waals surface area contributed by atoms with Gasteiger partial charge in [0.25, 0.3) is 0 Å². The number of hydrogen-bond acceptors (Lipinski definition) is 4. The van der Waals surface area contributed by atoms with Gasteiger partial charge in [0, 0.05) is 38.6 Å². The Labute approximate surface area is 164 Å². The zero-order chi connectivity index (χ0) is 18.5. The van der Waals surface area contributed by atoms with Crippen molar-refractivity contribution in [1.82, 2.24) is 9.80 Å². The van der Waals surface area contributed by atoms with Gasteiger partial charge in [0.15, 0.2) is 0 Å². The van der Waals surface area contributed by atoms with Crippen LogP contribution in [0.1, 0.15) is 31.2 Å². The standard InChI is InChI=1S/C19H25Cl2N3O2/c1-26-22-15-7-9-23(12-15)13-16-4-2-3-8-24(16)19(25)11-14-5-6-17(20)18(21)10-14/h5-6,10,16H,2-4,7-9,11-13H2,1H3/b22-15+. The molecule has 0 spiro atoms. The van der Waals surface area contributed by atoms with Crippen molar-refractivity contribution in [1.29, 1.82) is 0 Å². The van der Waals surface area contributed by atoms with Crippen LogP contribution in [0.15, 0.2) is 23.4 Å². The largest absolute Gasteiger partial charge is 0.399 e. The second-order valence-corrected chi connectivity index (χ2v) is 7.80. The molecule has 1 unspecified atom stereocenters. The Bertz CT molecular complexity index is 681. The van der Waals surface area contributed by atoms with Crippen molar-refractivity contribution in [2.75, 3.05) is 33.3 Å². The number of halogens is 2. The number of hydrogen-bond donors (Lipinski definition) is 0. The molecule has 0 aliphatic carbocycles. The molecule has 2 aliphatic rings. The van der Waals surface area contributed by atoms with Gasteiger partial charge < -0.3 is 9.74 Å². The Morgan fingerprint density at radius 2 is 2.12 bits per heavy atom. The van der Waals surface area contributed by atoms with E-state index in [-0.39, 0.29) is 11.9 Å². The smallest absolute Gasteiger partial charge is 0.227 e. The molecule has 1 amide bonds. The minimum Gasteiger partial charge on any atom is -0.399 e. The highest BCUT2D eigenvalue weighted by Gasteiger charge is 2.30. The molecule has 2 saturated heterocycles. The van der Waals surface area contributed by atoms with E-state index < -0.39 is 0 Å². The number of rotatable bonds is 5. The van der Waals surface area contributed by atoms with Gasteiger partial charge in [0.1, 0.15) is 7.11 Å². The summed E-state index contributed by atoms with van der Waals surface area (Å²) in [5.41, 5.74) is 1.99. The van der Waals surface area contributed by atoms with Crippen molar-refractivity contribution >= 4 is 34.8 Å². The predicted molar refractivity (Wildman–Crippen MR) is 105 cm³/mol. The molecule has 0 radical (unpaired) electrons. The lowest BCUT2D eigenvalue weighted by Crippen LogP contribution is -2.49. The first-order valence-electron chi connectivity index (χ1n) is 9.11. The van der Waals surface area contributed by atoms with Gasteiger partial charge in [0.2, 0.25) is 5.91 Å². The van der Waals surface area contributed by atoms with Crippen LogP contribution >= 0.6 is 23.2 Å². The molecular weight excluding hydrogens is 373 g/mol. The fraction of sp³-hybridized carbons (Fsp3) is 0.579. The highest BCUT2D eigenvalue weighted by atomic mass is 35.5. The van der Waals surface area contributed by atoms with Crippen LogP contribution < -0.4 is 0 Å². The number of nitrogens with zero attached hydrogens (tertiary/aromatic N) is 3. The van der Waals surface area contributed by atoms with Crippen LogP contribution in [0.4, 0.5) is 0 Å². The predicted octanol–water partition coefficient (Wildman–Crippen LogP) is 3.63. The second kappa shape index (κ2) is 9.07. The van der Waals surface area contributed by atoms with Gasteiger partial charge in [-0.25, -0.2) is 0 Å². The Morgan fingerprint density at radius 1 is 1.27 bits per heavy atom. The zero-order valence-electron chi connectivity index (χ0n) is 15.1. The van der Waals surface area contributed by atoms with Crippen LogP contribution in [0.25, 0.3) is 0 Å². The van der Waals surface area contributed by atoms with Crippen molar-refractivity contribution in [3.8, 4) is 0 Å². The van der Waals surface area contributed by atoms with Gasteiger partial charge in [-0.15, -0.1) is 0 Å². The summed E-state index contributed by atoms with van der Waals surface area (Å²) in [5.74, 6) is 0.165. The highest BCUT2D eigenvalue weighted by molar-refractivity contribution is 6.42. The summed E-state index contributed by atoms with van der Waals surface area (Å²) in [5, 5.41) is 5.07. The number of benzene rings is 1. The number of piperidine rings is 1. The maximum atomic E-state index is 12.9. The van der Waals surface area contributed by atoms with Crippen molar-refractivity contribution < 1.29 is 9.63 Å². The van der Waals surface area contributed by atoms with E-state index in [0.29, 0.717) is 16.5 Å². The van der Waals surface area contributed by atoms with E-state index in [4.69, 9.17) is 28.0 Å². The van der Waals surface area contributed by atoms with E-state index in [2.05, 4.69) is 15.0 Å². The molecule has 1 aromatic rings. The monoisotopic (exact) mass is 397 g/mol. The normalized spacial score (nSPS) is 22.8. The van der Waals surface area contributed by atoms with Gasteiger partial charge in [-0.05, 0) is 37.0 Å². The molecule has 142 valence electrons. The molecule has 2 fully saturated rings. The molecule has 1 atom stereocenters. The third-order valence-corrected chi connectivity index (χ3v) is 5.84. The molecule has 2 aliphatic heterocycles. The maximum absolute atomic E-state index is 12.9. The number of oxime groups is 1. The first-order chi connectivity index (χ1) is 12.6. The second-order valence-electron chi connectivity index (χ2n) is 6.99. The molecule has 0 bridgehead atoms. The maximum Gasteiger partial charge on any atom is 0.227 e. The van der Waals surface area contributed by atoms with E-state index in [1.165, 1.54) is 6.42 Å². The number of carbonyl (C=O) groups excluding carboxylic acids is 1. The van der Waals surface area contributed by atoms with Crippen molar-refractivity contribution in [3.05, 3.63) is 33.8 Å². The first kappa shape index (κ1) is 19.5. The van der Waals surface area contributed by atoms with Gasteiger partial charge >= 0.3 is 0 Å². The highest BCUT2D eigenvalue weighted by Crippen LogP contribution is 2.24. The molecule has 0 aromatic heterocycles. The molecule has 0 N–H and O–H groups in total. The minimum atomic E-state index is 0.165. The van der Waals surface area contributed by atoms with E-state index in [1.807, 2.05) is 6.07 Å². The molecule has 3 rings (SSSR count). The number of amides is 1. The van der Waals surface area contributed by atoms with Crippen LogP contribution in [-0.2, 0) is 16.1 Å². The van der Waals surface area contributed by atoms with E-state index in [9.17, 15) is 4.79 Å². The molecule has 2 heterocycles. The average molecular weight is 398 g/mol. The fourth-order valence-electron chi connectivity index (χ4n) is 3.81. The Hall–Kier alpha value is -1.30. The number of carbonyl (C=O) groups is 1. The number of likely N-dealkylation sites (tertiary alicyclic amines) is 2. The summed E-state index contributed by atoms with van der Waals surface area (Å²) in [6, 6.07) is 5.68. The third kappa shape index (κ3) is 4.90. The molecule has 1 aromatic carbocycles. The Morgan fingerprint density at radius 3 is 2.88 bits per heavy atom. The van der Waals surface area contributed by atoms with Crippen LogP contribution in [0.2, 0.25) is 10.0 Å². The van der Waals surface area contributed by atoms with Crippen LogP contribution in [0, 0.1) is 0 Å². The van der Waals surface area contributed by atoms with E-state index >= 15 is 0 Å². The summed E-state index contributed by atoms with van der Waals surface area (Å²) >= 11 is 12.0. The lowest BCUT2D eigenvalue weighted by molar-refractivity contribution is -0.134. The summed E-state index contributed by atoms with van der Waals surface area (Å²) < 4.78 is 0. The molecule has 5 nitrogen and oxygen atoms in total. The lowest BCUT2D eigenvalue weighted by atomic mass is 10.00. The Kier molecular flexibility index (Phi) is 6.79. The Balaban J connectivity index is 1.61. The summed E-state index contributed by atoms with van der Waals surface area (Å²) in [6.07, 6.45) is 4.61. The lowest BCUT2D eigenvalue weighted by Gasteiger charge is -2.38. The summed E-state index contributed by atoms with van der Waals surface area (Å²) in [6.45, 7) is 3.54.